The summed E-state index contributed by atoms with van der Waals surface area (Å²) < 4.78 is 61.5. The van der Waals surface area contributed by atoms with Crippen molar-refractivity contribution in [3.05, 3.63) is 0 Å². The second-order valence-corrected chi connectivity index (χ2v) is 5.05. The number of carbonyl (C=O) groups excluding carboxylic acids is 1. The van der Waals surface area contributed by atoms with Gasteiger partial charge in [0, 0.05) is 6.04 Å². The Bertz CT molecular complexity index is 315. The van der Waals surface area contributed by atoms with Crippen molar-refractivity contribution in [2.75, 3.05) is 0 Å². The molecular weight excluding hydrogens is 257 g/mol. The van der Waals surface area contributed by atoms with Crippen molar-refractivity contribution in [2.24, 2.45) is 11.8 Å². The molecule has 0 bridgehead atoms. The smallest absolute Gasteiger partial charge is 0.348 e. The summed E-state index contributed by atoms with van der Waals surface area (Å²) in [5.74, 6) is -7.27. The van der Waals surface area contributed by atoms with Crippen LogP contribution in [-0.2, 0) is 4.79 Å². The summed E-state index contributed by atoms with van der Waals surface area (Å²) in [6, 6.07) is -0.609. The molecule has 0 aliphatic heterocycles. The molecular formula is C11H16F5NO. The van der Waals surface area contributed by atoms with Crippen LogP contribution in [0.3, 0.4) is 0 Å². The van der Waals surface area contributed by atoms with Crippen molar-refractivity contribution in [3.63, 3.8) is 0 Å². The Balaban J connectivity index is 2.65. The van der Waals surface area contributed by atoms with Gasteiger partial charge in [-0.3, -0.25) is 4.79 Å². The average Bonchev–Trinajstić information content (AvgIpc) is 2.20. The van der Waals surface area contributed by atoms with Gasteiger partial charge in [0.05, 0.1) is 0 Å². The highest BCUT2D eigenvalue weighted by Crippen LogP contribution is 2.36. The molecule has 0 spiro atoms. The SMILES string of the molecule is CC1CCC(NC(=O)C(F)(F)C(F)(F)F)C(C)C1. The van der Waals surface area contributed by atoms with Gasteiger partial charge in [-0.2, -0.15) is 22.0 Å². The first-order chi connectivity index (χ1) is 8.05. The van der Waals surface area contributed by atoms with Crippen LogP contribution in [0.15, 0.2) is 0 Å². The predicted molar refractivity (Wildman–Crippen MR) is 55.1 cm³/mol. The predicted octanol–water partition coefficient (Wildman–Crippen LogP) is 3.12. The van der Waals surface area contributed by atoms with Crippen LogP contribution in [0.5, 0.6) is 0 Å². The molecule has 18 heavy (non-hydrogen) atoms. The molecule has 2 nitrogen and oxygen atoms in total. The Kier molecular flexibility index (Phi) is 4.23. The van der Waals surface area contributed by atoms with Crippen molar-refractivity contribution in [1.29, 1.82) is 0 Å². The fourth-order valence-corrected chi connectivity index (χ4v) is 2.27. The van der Waals surface area contributed by atoms with Gasteiger partial charge < -0.3 is 5.32 Å². The van der Waals surface area contributed by atoms with Crippen molar-refractivity contribution >= 4 is 5.91 Å². The zero-order valence-electron chi connectivity index (χ0n) is 10.2. The third-order valence-corrected chi connectivity index (χ3v) is 3.39. The molecule has 1 aliphatic carbocycles. The van der Waals surface area contributed by atoms with E-state index in [2.05, 4.69) is 0 Å². The van der Waals surface area contributed by atoms with Crippen LogP contribution in [0.1, 0.15) is 33.1 Å². The third-order valence-electron chi connectivity index (χ3n) is 3.39. The van der Waals surface area contributed by atoms with Crippen LogP contribution in [0.2, 0.25) is 0 Å². The Morgan fingerprint density at radius 2 is 1.67 bits per heavy atom. The molecule has 0 heterocycles. The van der Waals surface area contributed by atoms with Crippen LogP contribution >= 0.6 is 0 Å². The molecule has 106 valence electrons. The van der Waals surface area contributed by atoms with Crippen LogP contribution in [0.25, 0.3) is 0 Å². The molecule has 1 rings (SSSR count). The van der Waals surface area contributed by atoms with Crippen molar-refractivity contribution in [2.45, 2.75) is 51.3 Å². The molecule has 0 radical (unpaired) electrons. The second-order valence-electron chi connectivity index (χ2n) is 5.05. The van der Waals surface area contributed by atoms with Crippen LogP contribution in [0.4, 0.5) is 22.0 Å². The van der Waals surface area contributed by atoms with Gasteiger partial charge in [0.25, 0.3) is 0 Å². The molecule has 1 aliphatic rings. The minimum absolute atomic E-state index is 0.0956. The molecule has 7 heteroatoms. The number of hydrogen-bond acceptors (Lipinski definition) is 1. The molecule has 1 amide bonds. The lowest BCUT2D eigenvalue weighted by atomic mass is 9.80. The number of amides is 1. The first-order valence-corrected chi connectivity index (χ1v) is 5.81. The highest BCUT2D eigenvalue weighted by atomic mass is 19.4. The lowest BCUT2D eigenvalue weighted by Crippen LogP contribution is -2.54. The monoisotopic (exact) mass is 273 g/mol. The van der Waals surface area contributed by atoms with E-state index in [4.69, 9.17) is 0 Å². The molecule has 1 saturated carbocycles. The van der Waals surface area contributed by atoms with Crippen molar-refractivity contribution in [1.82, 2.24) is 5.32 Å². The minimum Gasteiger partial charge on any atom is -0.348 e. The zero-order chi connectivity index (χ0) is 14.1. The molecule has 0 aromatic carbocycles. The Morgan fingerprint density at radius 3 is 2.11 bits per heavy atom. The number of nitrogens with one attached hydrogen (secondary N) is 1. The topological polar surface area (TPSA) is 29.1 Å². The van der Waals surface area contributed by atoms with E-state index < -0.39 is 24.0 Å². The Hall–Kier alpha value is -0.880. The number of rotatable bonds is 2. The van der Waals surface area contributed by atoms with E-state index in [9.17, 15) is 26.7 Å². The van der Waals surface area contributed by atoms with Crippen LogP contribution < -0.4 is 5.32 Å². The molecule has 0 saturated heterocycles. The molecule has 1 fully saturated rings. The molecule has 0 aromatic rings. The van der Waals surface area contributed by atoms with Gasteiger partial charge in [-0.1, -0.05) is 13.8 Å². The Labute approximate surface area is 102 Å². The molecule has 1 N–H and O–H groups in total. The number of hydrogen-bond donors (Lipinski definition) is 1. The highest BCUT2D eigenvalue weighted by molar-refractivity contribution is 5.84. The van der Waals surface area contributed by atoms with E-state index in [1.165, 1.54) is 0 Å². The minimum atomic E-state index is -5.84. The average molecular weight is 273 g/mol. The number of carbonyl (C=O) groups is 1. The van der Waals surface area contributed by atoms with Gasteiger partial charge in [0.1, 0.15) is 0 Å². The second kappa shape index (κ2) is 5.01. The fourth-order valence-electron chi connectivity index (χ4n) is 2.27. The summed E-state index contributed by atoms with van der Waals surface area (Å²) in [7, 11) is 0. The maximum Gasteiger partial charge on any atom is 0.463 e. The third kappa shape index (κ3) is 3.11. The molecule has 3 unspecified atom stereocenters. The zero-order valence-corrected chi connectivity index (χ0v) is 10.2. The first-order valence-electron chi connectivity index (χ1n) is 5.81. The summed E-state index contributed by atoms with van der Waals surface area (Å²) in [5.41, 5.74) is 0. The number of halogens is 5. The van der Waals surface area contributed by atoms with E-state index >= 15 is 0 Å². The largest absolute Gasteiger partial charge is 0.463 e. The van der Waals surface area contributed by atoms with Gasteiger partial charge in [0.15, 0.2) is 0 Å². The van der Waals surface area contributed by atoms with Crippen molar-refractivity contribution in [3.8, 4) is 0 Å². The van der Waals surface area contributed by atoms with E-state index in [0.717, 1.165) is 0 Å². The van der Waals surface area contributed by atoms with Gasteiger partial charge in [-0.05, 0) is 31.1 Å². The fraction of sp³-hybridized carbons (Fsp3) is 0.909. The number of alkyl halides is 5. The maximum absolute atomic E-state index is 12.7. The van der Waals surface area contributed by atoms with Crippen molar-refractivity contribution < 1.29 is 26.7 Å². The lowest BCUT2D eigenvalue weighted by molar-refractivity contribution is -0.270. The summed E-state index contributed by atoms with van der Waals surface area (Å²) >= 11 is 0. The lowest BCUT2D eigenvalue weighted by Gasteiger charge is -2.34. The van der Waals surface area contributed by atoms with Gasteiger partial charge >= 0.3 is 18.0 Å². The normalized spacial score (nSPS) is 30.1. The van der Waals surface area contributed by atoms with Gasteiger partial charge in [-0.15, -0.1) is 0 Å². The van der Waals surface area contributed by atoms with E-state index in [-0.39, 0.29) is 5.92 Å². The summed E-state index contributed by atoms with van der Waals surface area (Å²) in [6.45, 7) is 3.73. The molecule has 0 aromatic heterocycles. The standard InChI is InChI=1S/C11H16F5NO/c1-6-3-4-8(7(2)5-6)17-9(18)10(12,13)11(14,15)16/h6-8H,3-5H2,1-2H3,(H,17,18). The first kappa shape index (κ1) is 15.2. The van der Waals surface area contributed by atoms with E-state index in [1.54, 1.807) is 6.92 Å². The van der Waals surface area contributed by atoms with E-state index in [1.807, 2.05) is 12.2 Å². The summed E-state index contributed by atoms with van der Waals surface area (Å²) in [6.07, 6.45) is -3.99. The van der Waals surface area contributed by atoms with Crippen LogP contribution in [0, 0.1) is 11.8 Å². The summed E-state index contributed by atoms with van der Waals surface area (Å²) in [5, 5.41) is 1.83. The Morgan fingerprint density at radius 1 is 1.11 bits per heavy atom. The summed E-state index contributed by atoms with van der Waals surface area (Å²) in [4.78, 5) is 11.0. The maximum atomic E-state index is 12.7. The molecule has 3 atom stereocenters. The van der Waals surface area contributed by atoms with E-state index in [0.29, 0.717) is 25.2 Å². The quantitative estimate of drug-likeness (QED) is 0.769. The van der Waals surface area contributed by atoms with Gasteiger partial charge in [-0.25, -0.2) is 0 Å². The van der Waals surface area contributed by atoms with Gasteiger partial charge in [0.2, 0.25) is 0 Å². The highest BCUT2D eigenvalue weighted by Gasteiger charge is 2.63. The van der Waals surface area contributed by atoms with Crippen LogP contribution in [-0.4, -0.2) is 24.0 Å².